The van der Waals surface area contributed by atoms with E-state index in [1.807, 2.05) is 18.2 Å². The quantitative estimate of drug-likeness (QED) is 0.123. The molecule has 3 heteroatoms. The van der Waals surface area contributed by atoms with Gasteiger partial charge in [-0.3, -0.25) is 0 Å². The summed E-state index contributed by atoms with van der Waals surface area (Å²) in [7, 11) is 0. The number of hydrogen-bond acceptors (Lipinski definition) is 1. The largest absolute Gasteiger partial charge is 0.247 e. The Hall–Kier alpha value is -6.32. The highest BCUT2D eigenvalue weighted by Crippen LogP contribution is 2.42. The molecule has 270 valence electrons. The molecule has 9 aromatic rings. The first-order chi connectivity index (χ1) is 27.1. The number of hydrogen-bond donors (Lipinski definition) is 0. The number of pyridine rings is 1. The fourth-order valence-corrected chi connectivity index (χ4v) is 9.36. The minimum atomic E-state index is -0.257. The zero-order valence-electron chi connectivity index (χ0n) is 32.8. The summed E-state index contributed by atoms with van der Waals surface area (Å²) < 4.78 is 14.1. The first-order valence-corrected chi connectivity index (χ1v) is 19.5. The minimum absolute atomic E-state index is 0.139. The number of aryl methyl sites for hydroxylation is 6. The normalized spacial score (nSPS) is 11.5. The molecule has 1 aromatic heterocycles. The molecule has 9 rings (SSSR count). The molecule has 0 aliphatic heterocycles. The van der Waals surface area contributed by atoms with Crippen LogP contribution in [0.4, 0.5) is 4.39 Å². The van der Waals surface area contributed by atoms with Gasteiger partial charge in [-0.25, -0.2) is 9.37 Å². The van der Waals surface area contributed by atoms with Crippen molar-refractivity contribution in [3.63, 3.8) is 0 Å². The Morgan fingerprint density at radius 2 is 0.893 bits per heavy atom. The van der Waals surface area contributed by atoms with Crippen LogP contribution >= 0.6 is 0 Å². The lowest BCUT2D eigenvalue weighted by atomic mass is 9.34. The first-order valence-electron chi connectivity index (χ1n) is 19.5. The second kappa shape index (κ2) is 14.1. The average molecular weight is 724 g/mol. The third-order valence-electron chi connectivity index (χ3n) is 11.6. The summed E-state index contributed by atoms with van der Waals surface area (Å²) >= 11 is 0. The van der Waals surface area contributed by atoms with Crippen molar-refractivity contribution in [2.75, 3.05) is 0 Å². The molecule has 0 radical (unpaired) electrons. The molecule has 0 amide bonds. The van der Waals surface area contributed by atoms with Gasteiger partial charge in [-0.15, -0.1) is 0 Å². The lowest BCUT2D eigenvalue weighted by molar-refractivity contribution is 0.628. The summed E-state index contributed by atoms with van der Waals surface area (Å²) in [6.45, 7) is 13.6. The summed E-state index contributed by atoms with van der Waals surface area (Å²) in [6.07, 6.45) is 0. The molecule has 0 saturated heterocycles. The molecule has 1 heterocycles. The second-order valence-corrected chi connectivity index (χ2v) is 15.6. The zero-order valence-corrected chi connectivity index (χ0v) is 32.8. The van der Waals surface area contributed by atoms with Crippen molar-refractivity contribution >= 4 is 55.5 Å². The van der Waals surface area contributed by atoms with Gasteiger partial charge in [0, 0.05) is 21.7 Å². The molecule has 0 bridgehead atoms. The number of fused-ring (bicyclic) bond motifs is 5. The van der Waals surface area contributed by atoms with Crippen LogP contribution in [0.15, 0.2) is 152 Å². The van der Waals surface area contributed by atoms with Gasteiger partial charge >= 0.3 is 0 Å². The van der Waals surface area contributed by atoms with Crippen LogP contribution in [-0.2, 0) is 0 Å². The summed E-state index contributed by atoms with van der Waals surface area (Å²) in [6, 6.07) is 53.4. The summed E-state index contributed by atoms with van der Waals surface area (Å²) in [5, 5.41) is 5.69. The van der Waals surface area contributed by atoms with Crippen molar-refractivity contribution < 1.29 is 4.39 Å². The Balaban J connectivity index is 1.14. The van der Waals surface area contributed by atoms with Crippen LogP contribution in [0.2, 0.25) is 0 Å². The molecule has 0 N–H and O–H groups in total. The predicted octanol–water partition coefficient (Wildman–Crippen LogP) is 12.0. The van der Waals surface area contributed by atoms with Gasteiger partial charge in [0.25, 0.3) is 0 Å². The average Bonchev–Trinajstić information content (AvgIpc) is 3.19. The van der Waals surface area contributed by atoms with Crippen molar-refractivity contribution in [2.24, 2.45) is 0 Å². The number of halogens is 1. The van der Waals surface area contributed by atoms with E-state index in [4.69, 9.17) is 4.98 Å². The van der Waals surface area contributed by atoms with Gasteiger partial charge in [-0.1, -0.05) is 165 Å². The topological polar surface area (TPSA) is 12.9 Å². The smallest absolute Gasteiger partial charge is 0.242 e. The molecule has 0 saturated carbocycles. The monoisotopic (exact) mass is 723 g/mol. The van der Waals surface area contributed by atoms with Crippen LogP contribution in [0.3, 0.4) is 0 Å². The molecule has 8 aromatic carbocycles. The van der Waals surface area contributed by atoms with Crippen molar-refractivity contribution in [3.8, 4) is 33.5 Å². The van der Waals surface area contributed by atoms with Crippen molar-refractivity contribution in [3.05, 3.63) is 191 Å². The third-order valence-corrected chi connectivity index (χ3v) is 11.6. The van der Waals surface area contributed by atoms with E-state index < -0.39 is 0 Å². The number of para-hydroxylation sites is 1. The summed E-state index contributed by atoms with van der Waals surface area (Å²) in [5.74, 6) is -0.257. The number of aromatic nitrogens is 1. The first kappa shape index (κ1) is 35.4. The maximum absolute atomic E-state index is 14.1. The Labute approximate surface area is 329 Å². The zero-order chi connectivity index (χ0) is 38.7. The molecule has 0 atom stereocenters. The van der Waals surface area contributed by atoms with Crippen LogP contribution < -0.4 is 16.4 Å². The lowest BCUT2D eigenvalue weighted by Gasteiger charge is -2.24. The molecule has 56 heavy (non-hydrogen) atoms. The van der Waals surface area contributed by atoms with Gasteiger partial charge in [0.1, 0.15) is 5.82 Å². The maximum Gasteiger partial charge on any atom is 0.242 e. The van der Waals surface area contributed by atoms with Crippen LogP contribution in [0.5, 0.6) is 0 Å². The summed E-state index contributed by atoms with van der Waals surface area (Å²) in [4.78, 5) is 5.16. The highest BCUT2D eigenvalue weighted by Gasteiger charge is 2.28. The van der Waals surface area contributed by atoms with Crippen LogP contribution in [0.1, 0.15) is 33.4 Å². The fraction of sp³-hybridized carbons (Fsp3) is 0.113. The number of rotatable bonds is 6. The maximum atomic E-state index is 14.1. The minimum Gasteiger partial charge on any atom is -0.247 e. The highest BCUT2D eigenvalue weighted by molar-refractivity contribution is 6.96. The Morgan fingerprint density at radius 3 is 1.46 bits per heavy atom. The van der Waals surface area contributed by atoms with Crippen molar-refractivity contribution in [1.29, 1.82) is 0 Å². The van der Waals surface area contributed by atoms with E-state index in [0.29, 0.717) is 0 Å². The molecule has 0 fully saturated rings. The van der Waals surface area contributed by atoms with E-state index in [-0.39, 0.29) is 12.5 Å². The molecular formula is C53H43BFN. The lowest BCUT2D eigenvalue weighted by Crippen LogP contribution is -2.55. The van der Waals surface area contributed by atoms with Gasteiger partial charge in [0.2, 0.25) is 6.71 Å². The van der Waals surface area contributed by atoms with Crippen LogP contribution in [0.25, 0.3) is 66.0 Å². The molecule has 0 aliphatic rings. The van der Waals surface area contributed by atoms with E-state index in [1.54, 1.807) is 0 Å². The van der Waals surface area contributed by atoms with Gasteiger partial charge < -0.3 is 0 Å². The SMILES string of the molecule is Cc1cc(C)c(B(c2ccc(-c3ccc(-c4cc5c(-c6ccc(F)cc6)nc6ccccc6c5c5ccccc45)cc3)cc2)c2c(C)cc(C)cc2C)c(C)c1. The van der Waals surface area contributed by atoms with Crippen molar-refractivity contribution in [2.45, 2.75) is 41.5 Å². The Morgan fingerprint density at radius 1 is 0.429 bits per heavy atom. The predicted molar refractivity (Wildman–Crippen MR) is 239 cm³/mol. The van der Waals surface area contributed by atoms with Crippen LogP contribution in [0, 0.1) is 47.4 Å². The van der Waals surface area contributed by atoms with E-state index in [0.717, 1.165) is 44.1 Å². The number of benzene rings is 8. The van der Waals surface area contributed by atoms with Gasteiger partial charge in [-0.2, -0.15) is 0 Å². The van der Waals surface area contributed by atoms with Gasteiger partial charge in [-0.05, 0) is 111 Å². The fourth-order valence-electron chi connectivity index (χ4n) is 9.36. The molecule has 0 aliphatic carbocycles. The van der Waals surface area contributed by atoms with E-state index in [9.17, 15) is 4.39 Å². The molecule has 0 unspecified atom stereocenters. The molecule has 0 spiro atoms. The van der Waals surface area contributed by atoms with E-state index in [1.165, 1.54) is 83.8 Å². The van der Waals surface area contributed by atoms with Gasteiger partial charge in [0.05, 0.1) is 11.2 Å². The summed E-state index contributed by atoms with van der Waals surface area (Å²) in [5.41, 5.74) is 19.4. The molecular weight excluding hydrogens is 680 g/mol. The van der Waals surface area contributed by atoms with Crippen molar-refractivity contribution in [1.82, 2.24) is 4.98 Å². The molecule has 1 nitrogen and oxygen atoms in total. The standard InChI is InChI=1S/C53H43BFN/c1-32-27-34(3)51(35(4)28-32)54(52-36(5)29-33(2)30-37(52)6)42-23-19-39(20-24-42)38-15-17-40(18-16-38)47-31-48-50(45-12-8-7-11-44(45)47)46-13-9-10-14-49(46)56-53(48)41-21-25-43(55)26-22-41/h7-31H,1-6H3. The van der Waals surface area contributed by atoms with Gasteiger partial charge in [0.15, 0.2) is 0 Å². The Kier molecular flexibility index (Phi) is 8.90. The second-order valence-electron chi connectivity index (χ2n) is 15.6. The third kappa shape index (κ3) is 6.18. The van der Waals surface area contributed by atoms with E-state index >= 15 is 0 Å². The Bertz CT molecular complexity index is 2860. The van der Waals surface area contributed by atoms with Crippen LogP contribution in [-0.4, -0.2) is 11.7 Å². The highest BCUT2D eigenvalue weighted by atomic mass is 19.1. The number of nitrogens with zero attached hydrogens (tertiary/aromatic N) is 1. The van der Waals surface area contributed by atoms with E-state index in [2.05, 4.69) is 163 Å².